The number of nitrogens with zero attached hydrogens (tertiary/aromatic N) is 3. The van der Waals surface area contributed by atoms with Gasteiger partial charge in [-0.1, -0.05) is 42.5 Å². The van der Waals surface area contributed by atoms with Gasteiger partial charge < -0.3 is 9.32 Å². The maximum Gasteiger partial charge on any atom is 0.253 e. The van der Waals surface area contributed by atoms with Crippen LogP contribution in [0.5, 0.6) is 0 Å². The molecular weight excluding hydrogens is 429 g/mol. The van der Waals surface area contributed by atoms with E-state index in [9.17, 15) is 9.18 Å². The van der Waals surface area contributed by atoms with Gasteiger partial charge in [-0.15, -0.1) is 0 Å². The van der Waals surface area contributed by atoms with E-state index in [4.69, 9.17) is 4.42 Å². The Morgan fingerprint density at radius 3 is 2.71 bits per heavy atom. The van der Waals surface area contributed by atoms with Gasteiger partial charge in [-0.25, -0.2) is 9.37 Å². The van der Waals surface area contributed by atoms with Gasteiger partial charge in [0, 0.05) is 43.4 Å². The molecule has 2 aromatic heterocycles. The largest absolute Gasteiger partial charge is 0.445 e. The molecule has 2 aromatic carbocycles. The molecule has 172 valence electrons. The Kier molecular flexibility index (Phi) is 6.47. The SMILES string of the molecule is O=C(c1ccnc(Cc2cccc(F)c2)c1)N1CCC[C@H](c2ncc(Cc3ccccc3)o2)C1. The minimum absolute atomic E-state index is 0.0244. The molecule has 0 unspecified atom stereocenters. The fourth-order valence-corrected chi connectivity index (χ4v) is 4.50. The van der Waals surface area contributed by atoms with Crippen molar-refractivity contribution in [1.82, 2.24) is 14.9 Å². The molecule has 1 saturated heterocycles. The van der Waals surface area contributed by atoms with Crippen molar-refractivity contribution in [3.63, 3.8) is 0 Å². The Balaban J connectivity index is 1.25. The molecule has 0 N–H and O–H groups in total. The van der Waals surface area contributed by atoms with Crippen molar-refractivity contribution in [2.24, 2.45) is 0 Å². The van der Waals surface area contributed by atoms with E-state index in [1.165, 1.54) is 17.7 Å². The zero-order valence-electron chi connectivity index (χ0n) is 18.9. The molecule has 0 bridgehead atoms. The Morgan fingerprint density at radius 1 is 1.00 bits per heavy atom. The Morgan fingerprint density at radius 2 is 1.85 bits per heavy atom. The summed E-state index contributed by atoms with van der Waals surface area (Å²) in [6, 6.07) is 20.2. The third-order valence-corrected chi connectivity index (χ3v) is 6.19. The van der Waals surface area contributed by atoms with E-state index in [-0.39, 0.29) is 17.6 Å². The molecule has 1 atom stereocenters. The number of hydrogen-bond donors (Lipinski definition) is 0. The second kappa shape index (κ2) is 10.00. The van der Waals surface area contributed by atoms with Gasteiger partial charge in [0.2, 0.25) is 0 Å². The van der Waals surface area contributed by atoms with Crippen LogP contribution in [0.15, 0.2) is 83.5 Å². The summed E-state index contributed by atoms with van der Waals surface area (Å²) >= 11 is 0. The standard InChI is InChI=1S/C28H26FN3O2/c29-24-10-4-8-21(14-24)15-25-17-22(11-12-30-25)28(33)32-13-5-9-23(19-32)27-31-18-26(34-27)16-20-6-2-1-3-7-20/h1-4,6-8,10-12,14,17-18,23H,5,9,13,15-16,19H2/t23-/m0/s1. The number of piperidine rings is 1. The van der Waals surface area contributed by atoms with Crippen molar-refractivity contribution in [1.29, 1.82) is 0 Å². The summed E-state index contributed by atoms with van der Waals surface area (Å²) in [5, 5.41) is 0. The smallest absolute Gasteiger partial charge is 0.253 e. The summed E-state index contributed by atoms with van der Waals surface area (Å²) < 4.78 is 19.6. The minimum Gasteiger partial charge on any atom is -0.445 e. The second-order valence-corrected chi connectivity index (χ2v) is 8.76. The van der Waals surface area contributed by atoms with Crippen LogP contribution in [0.3, 0.4) is 0 Å². The maximum atomic E-state index is 13.5. The normalized spacial score (nSPS) is 15.9. The summed E-state index contributed by atoms with van der Waals surface area (Å²) in [6.45, 7) is 1.28. The van der Waals surface area contributed by atoms with Crippen LogP contribution in [0.25, 0.3) is 0 Å². The summed E-state index contributed by atoms with van der Waals surface area (Å²) in [4.78, 5) is 24.0. The molecule has 1 amide bonds. The van der Waals surface area contributed by atoms with Crippen LogP contribution >= 0.6 is 0 Å². The van der Waals surface area contributed by atoms with Gasteiger partial charge in [0.1, 0.15) is 11.6 Å². The van der Waals surface area contributed by atoms with Gasteiger partial charge in [0.25, 0.3) is 5.91 Å². The van der Waals surface area contributed by atoms with E-state index in [1.54, 1.807) is 30.6 Å². The maximum absolute atomic E-state index is 13.5. The Labute approximate surface area is 198 Å². The quantitative estimate of drug-likeness (QED) is 0.390. The highest BCUT2D eigenvalue weighted by Crippen LogP contribution is 2.28. The van der Waals surface area contributed by atoms with Crippen molar-refractivity contribution in [3.05, 3.63) is 119 Å². The van der Waals surface area contributed by atoms with Gasteiger partial charge >= 0.3 is 0 Å². The van der Waals surface area contributed by atoms with Crippen molar-refractivity contribution in [2.45, 2.75) is 31.6 Å². The Bertz CT molecular complexity index is 1270. The highest BCUT2D eigenvalue weighted by Gasteiger charge is 2.28. The van der Waals surface area contributed by atoms with Crippen LogP contribution in [-0.4, -0.2) is 33.9 Å². The number of aromatic nitrogens is 2. The molecule has 5 nitrogen and oxygen atoms in total. The predicted octanol–water partition coefficient (Wildman–Crippen LogP) is 5.41. The van der Waals surface area contributed by atoms with Gasteiger partial charge in [0.15, 0.2) is 5.89 Å². The highest BCUT2D eigenvalue weighted by atomic mass is 19.1. The average Bonchev–Trinajstić information content (AvgIpc) is 3.33. The summed E-state index contributed by atoms with van der Waals surface area (Å²) in [7, 11) is 0. The number of halogens is 1. The number of oxazole rings is 1. The van der Waals surface area contributed by atoms with Crippen LogP contribution in [0.2, 0.25) is 0 Å². The van der Waals surface area contributed by atoms with Crippen LogP contribution in [0.4, 0.5) is 4.39 Å². The zero-order valence-corrected chi connectivity index (χ0v) is 18.9. The highest BCUT2D eigenvalue weighted by molar-refractivity contribution is 5.94. The summed E-state index contributed by atoms with van der Waals surface area (Å²) in [5.74, 6) is 1.31. The van der Waals surface area contributed by atoms with E-state index in [1.807, 2.05) is 29.2 Å². The Hall–Kier alpha value is -3.80. The lowest BCUT2D eigenvalue weighted by atomic mass is 9.97. The van der Waals surface area contributed by atoms with Gasteiger partial charge in [-0.05, 0) is 48.2 Å². The molecule has 4 aromatic rings. The monoisotopic (exact) mass is 455 g/mol. The van der Waals surface area contributed by atoms with Crippen LogP contribution in [0, 0.1) is 5.82 Å². The van der Waals surface area contributed by atoms with Crippen LogP contribution in [-0.2, 0) is 12.8 Å². The molecule has 1 aliphatic heterocycles. The number of benzene rings is 2. The first-order valence-corrected chi connectivity index (χ1v) is 11.6. The lowest BCUT2D eigenvalue weighted by molar-refractivity contribution is 0.0697. The third-order valence-electron chi connectivity index (χ3n) is 6.19. The first kappa shape index (κ1) is 22.0. The van der Waals surface area contributed by atoms with Crippen molar-refractivity contribution in [2.75, 3.05) is 13.1 Å². The number of likely N-dealkylation sites (tertiary alicyclic amines) is 1. The average molecular weight is 456 g/mol. The van der Waals surface area contributed by atoms with Crippen molar-refractivity contribution < 1.29 is 13.6 Å². The molecule has 0 radical (unpaired) electrons. The fourth-order valence-electron chi connectivity index (χ4n) is 4.50. The lowest BCUT2D eigenvalue weighted by Gasteiger charge is -2.31. The first-order valence-electron chi connectivity index (χ1n) is 11.6. The number of pyridine rings is 1. The summed E-state index contributed by atoms with van der Waals surface area (Å²) in [5.41, 5.74) is 3.34. The molecule has 6 heteroatoms. The van der Waals surface area contributed by atoms with E-state index in [0.29, 0.717) is 37.4 Å². The molecule has 34 heavy (non-hydrogen) atoms. The molecule has 0 saturated carbocycles. The minimum atomic E-state index is -0.275. The molecular formula is C28H26FN3O2. The summed E-state index contributed by atoms with van der Waals surface area (Å²) in [6.07, 6.45) is 6.46. The van der Waals surface area contributed by atoms with E-state index in [0.717, 1.165) is 29.9 Å². The first-order chi connectivity index (χ1) is 16.6. The molecule has 0 aliphatic carbocycles. The number of carbonyl (C=O) groups excluding carboxylic acids is 1. The van der Waals surface area contributed by atoms with E-state index >= 15 is 0 Å². The van der Waals surface area contributed by atoms with Gasteiger partial charge in [-0.3, -0.25) is 9.78 Å². The third kappa shape index (κ3) is 5.22. The molecule has 1 aliphatic rings. The number of carbonyl (C=O) groups is 1. The topological polar surface area (TPSA) is 59.2 Å². The number of hydrogen-bond acceptors (Lipinski definition) is 4. The zero-order chi connectivity index (χ0) is 23.3. The van der Waals surface area contributed by atoms with E-state index in [2.05, 4.69) is 22.1 Å². The van der Waals surface area contributed by atoms with E-state index < -0.39 is 0 Å². The van der Waals surface area contributed by atoms with Crippen molar-refractivity contribution in [3.8, 4) is 0 Å². The second-order valence-electron chi connectivity index (χ2n) is 8.76. The van der Waals surface area contributed by atoms with Gasteiger partial charge in [0.05, 0.1) is 12.1 Å². The fraction of sp³-hybridized carbons (Fsp3) is 0.250. The van der Waals surface area contributed by atoms with Gasteiger partial charge in [-0.2, -0.15) is 0 Å². The number of rotatable bonds is 6. The molecule has 5 rings (SSSR count). The predicted molar refractivity (Wildman–Crippen MR) is 127 cm³/mol. The lowest BCUT2D eigenvalue weighted by Crippen LogP contribution is -2.39. The van der Waals surface area contributed by atoms with Crippen molar-refractivity contribution >= 4 is 5.91 Å². The molecule has 1 fully saturated rings. The van der Waals surface area contributed by atoms with Crippen LogP contribution in [0.1, 0.15) is 57.6 Å². The number of amides is 1. The molecule has 0 spiro atoms. The van der Waals surface area contributed by atoms with Crippen LogP contribution < -0.4 is 0 Å². The molecule has 3 heterocycles.